The van der Waals surface area contributed by atoms with Crippen LogP contribution in [0, 0.1) is 0 Å². The second-order valence-corrected chi connectivity index (χ2v) is 19.3. The fraction of sp³-hybridized carbons (Fsp3) is 0.556. The summed E-state index contributed by atoms with van der Waals surface area (Å²) in [5.41, 5.74) is 3.24. The van der Waals surface area contributed by atoms with Crippen molar-refractivity contribution in [2.75, 3.05) is 0 Å². The maximum Gasteiger partial charge on any atom is 0.0652 e. The van der Waals surface area contributed by atoms with Gasteiger partial charge in [0.1, 0.15) is 0 Å². The maximum atomic E-state index is 2.48. The first-order valence-corrected chi connectivity index (χ1v) is 22.7. The quantitative estimate of drug-likeness (QED) is 0.0782. The minimum absolute atomic E-state index is 1.26. The predicted molar refractivity (Wildman–Crippen MR) is 209 cm³/mol. The van der Waals surface area contributed by atoms with Gasteiger partial charge >= 0.3 is 0 Å². The summed E-state index contributed by atoms with van der Waals surface area (Å²) in [7, 11) is 0. The normalized spacial score (nSPS) is 12.7. The smallest absolute Gasteiger partial charge is 0.0652 e. The first kappa shape index (κ1) is 31.1. The standard InChI is InChI=1S/C36H44S7/c1-3-5-7-9-11-13-15-17-19-23-21-37-27-25(23)39-31-29(27)41-35-33(31)43-34-32-30(42-36(34)35)28-26(40-32)24(22-38-28)20-18-16-14-12-10-8-6-4-2/h21-22H,3-20H2,1-2H3. The largest absolute Gasteiger partial charge is 0.141 e. The Morgan fingerprint density at radius 2 is 0.605 bits per heavy atom. The Hall–Kier alpha value is -0.540. The van der Waals surface area contributed by atoms with Gasteiger partial charge in [-0.3, -0.25) is 0 Å². The van der Waals surface area contributed by atoms with Gasteiger partial charge in [-0.2, -0.15) is 0 Å². The summed E-state index contributed by atoms with van der Waals surface area (Å²) < 4.78 is 18.9. The molecule has 0 unspecified atom stereocenters. The Morgan fingerprint density at radius 3 is 0.953 bits per heavy atom. The van der Waals surface area contributed by atoms with Crippen molar-refractivity contribution in [3.05, 3.63) is 21.9 Å². The maximum absolute atomic E-state index is 2.48. The highest BCUT2D eigenvalue weighted by Crippen LogP contribution is 2.57. The van der Waals surface area contributed by atoms with Gasteiger partial charge in [0.15, 0.2) is 0 Å². The van der Waals surface area contributed by atoms with Crippen molar-refractivity contribution in [1.29, 1.82) is 0 Å². The lowest BCUT2D eigenvalue weighted by molar-refractivity contribution is 0.576. The molecular formula is C36H44S7. The van der Waals surface area contributed by atoms with Crippen molar-refractivity contribution in [2.45, 2.75) is 129 Å². The molecule has 0 atom stereocenters. The minimum Gasteiger partial charge on any atom is -0.141 e. The molecule has 43 heavy (non-hydrogen) atoms. The van der Waals surface area contributed by atoms with Gasteiger partial charge in [0.25, 0.3) is 0 Å². The molecule has 0 fully saturated rings. The topological polar surface area (TPSA) is 0 Å². The van der Waals surface area contributed by atoms with Crippen LogP contribution in [-0.2, 0) is 12.8 Å². The van der Waals surface area contributed by atoms with Gasteiger partial charge in [-0.15, -0.1) is 79.4 Å². The molecular weight excluding hydrogens is 657 g/mol. The molecule has 0 bridgehead atoms. The summed E-state index contributed by atoms with van der Waals surface area (Å²) in [5, 5.41) is 4.95. The number of aryl methyl sites for hydroxylation is 2. The molecule has 7 aromatic heterocycles. The van der Waals surface area contributed by atoms with Crippen LogP contribution in [0.5, 0.6) is 0 Å². The Kier molecular flexibility index (Phi) is 10.5. The van der Waals surface area contributed by atoms with Gasteiger partial charge in [-0.1, -0.05) is 104 Å². The molecule has 0 amide bonds. The van der Waals surface area contributed by atoms with Gasteiger partial charge in [0.2, 0.25) is 0 Å². The van der Waals surface area contributed by atoms with E-state index in [0.29, 0.717) is 0 Å². The molecule has 7 heteroatoms. The zero-order chi connectivity index (χ0) is 29.2. The Bertz CT molecular complexity index is 1780. The number of hydrogen-bond acceptors (Lipinski definition) is 7. The lowest BCUT2D eigenvalue weighted by atomic mass is 10.1. The zero-order valence-corrected chi connectivity index (χ0v) is 31.5. The van der Waals surface area contributed by atoms with Crippen molar-refractivity contribution >= 4 is 136 Å². The van der Waals surface area contributed by atoms with Crippen LogP contribution in [0.15, 0.2) is 10.8 Å². The highest BCUT2D eigenvalue weighted by Gasteiger charge is 2.24. The van der Waals surface area contributed by atoms with Crippen LogP contribution in [0.25, 0.3) is 56.4 Å². The summed E-state index contributed by atoms with van der Waals surface area (Å²) in [6, 6.07) is 0. The third-order valence-electron chi connectivity index (χ3n) is 9.11. The Labute approximate surface area is 284 Å². The van der Waals surface area contributed by atoms with E-state index in [9.17, 15) is 0 Å². The van der Waals surface area contributed by atoms with E-state index in [2.05, 4.69) is 81.3 Å². The van der Waals surface area contributed by atoms with Crippen LogP contribution in [0.1, 0.15) is 128 Å². The monoisotopic (exact) mass is 700 g/mol. The SMILES string of the molecule is CCCCCCCCCCc1csc2c1sc1c2sc2c1sc1c3sc4c(CCCCCCCCCC)csc4c3sc12. The van der Waals surface area contributed by atoms with Crippen LogP contribution in [0.4, 0.5) is 0 Å². The molecule has 7 rings (SSSR count). The van der Waals surface area contributed by atoms with E-state index in [4.69, 9.17) is 0 Å². The highest BCUT2D eigenvalue weighted by atomic mass is 32.1. The van der Waals surface area contributed by atoms with Crippen molar-refractivity contribution in [3.8, 4) is 0 Å². The van der Waals surface area contributed by atoms with E-state index in [1.165, 1.54) is 116 Å². The molecule has 0 nitrogen and oxygen atoms in total. The summed E-state index contributed by atoms with van der Waals surface area (Å²) in [4.78, 5) is 0. The Morgan fingerprint density at radius 1 is 0.326 bits per heavy atom. The minimum atomic E-state index is 1.26. The van der Waals surface area contributed by atoms with Gasteiger partial charge in [0.05, 0.1) is 56.4 Å². The van der Waals surface area contributed by atoms with Gasteiger partial charge in [0, 0.05) is 0 Å². The molecule has 0 N–H and O–H groups in total. The van der Waals surface area contributed by atoms with E-state index in [-0.39, 0.29) is 0 Å². The van der Waals surface area contributed by atoms with E-state index < -0.39 is 0 Å². The molecule has 7 aromatic rings. The molecule has 0 radical (unpaired) electrons. The zero-order valence-electron chi connectivity index (χ0n) is 25.7. The van der Waals surface area contributed by atoms with Crippen LogP contribution in [-0.4, -0.2) is 0 Å². The van der Waals surface area contributed by atoms with E-state index >= 15 is 0 Å². The van der Waals surface area contributed by atoms with Crippen molar-refractivity contribution in [1.82, 2.24) is 0 Å². The summed E-state index contributed by atoms with van der Waals surface area (Å²) in [6.45, 7) is 4.61. The van der Waals surface area contributed by atoms with E-state index in [0.717, 1.165) is 0 Å². The van der Waals surface area contributed by atoms with Gasteiger partial charge in [-0.05, 0) is 47.6 Å². The molecule has 0 aliphatic heterocycles. The third-order valence-corrected chi connectivity index (χ3v) is 18.9. The Balaban J connectivity index is 1.05. The molecule has 0 saturated carbocycles. The average Bonchev–Trinajstić information content (AvgIpc) is 3.84. The first-order valence-electron chi connectivity index (χ1n) is 16.9. The molecule has 0 spiro atoms. The molecule has 0 saturated heterocycles. The van der Waals surface area contributed by atoms with Crippen molar-refractivity contribution in [2.24, 2.45) is 0 Å². The van der Waals surface area contributed by atoms with Gasteiger partial charge < -0.3 is 0 Å². The number of fused-ring (bicyclic) bond motifs is 11. The van der Waals surface area contributed by atoms with Crippen molar-refractivity contribution < 1.29 is 0 Å². The lowest BCUT2D eigenvalue weighted by Gasteiger charge is -2.01. The highest BCUT2D eigenvalue weighted by molar-refractivity contribution is 7.51. The molecule has 0 aliphatic carbocycles. The fourth-order valence-corrected chi connectivity index (χ4v) is 17.2. The second kappa shape index (κ2) is 14.5. The third kappa shape index (κ3) is 6.27. The average molecular weight is 701 g/mol. The number of rotatable bonds is 18. The van der Waals surface area contributed by atoms with Crippen LogP contribution in [0.2, 0.25) is 0 Å². The molecule has 7 heterocycles. The first-order chi connectivity index (χ1) is 21.3. The molecule has 0 aromatic carbocycles. The number of unbranched alkanes of at least 4 members (excludes halogenated alkanes) is 14. The van der Waals surface area contributed by atoms with Crippen LogP contribution in [0.3, 0.4) is 0 Å². The molecule has 0 aliphatic rings. The number of thiophene rings is 7. The van der Waals surface area contributed by atoms with Crippen LogP contribution < -0.4 is 0 Å². The molecule has 230 valence electrons. The lowest BCUT2D eigenvalue weighted by Crippen LogP contribution is -1.84. The second-order valence-electron chi connectivity index (χ2n) is 12.4. The van der Waals surface area contributed by atoms with E-state index in [1.807, 2.05) is 22.7 Å². The fourth-order valence-electron chi connectivity index (χ4n) is 6.62. The van der Waals surface area contributed by atoms with Crippen molar-refractivity contribution in [3.63, 3.8) is 0 Å². The van der Waals surface area contributed by atoms with Gasteiger partial charge in [-0.25, -0.2) is 0 Å². The summed E-state index contributed by atoms with van der Waals surface area (Å²) in [6.07, 6.45) is 24.9. The predicted octanol–water partition coefficient (Wildman–Crippen LogP) is 16.4. The number of hydrogen-bond donors (Lipinski definition) is 0. The summed E-state index contributed by atoms with van der Waals surface area (Å²) >= 11 is 14.5. The van der Waals surface area contributed by atoms with E-state index in [1.54, 1.807) is 67.5 Å². The van der Waals surface area contributed by atoms with Crippen LogP contribution >= 0.6 is 79.4 Å². The summed E-state index contributed by atoms with van der Waals surface area (Å²) in [5.74, 6) is 0.